The van der Waals surface area contributed by atoms with Gasteiger partial charge in [0.2, 0.25) is 0 Å². The minimum Gasteiger partial charge on any atom is -0.330 e. The van der Waals surface area contributed by atoms with E-state index in [2.05, 4.69) is 29.6 Å². The molecule has 0 unspecified atom stereocenters. The Labute approximate surface area is 138 Å². The quantitative estimate of drug-likeness (QED) is 0.700. The molecular weight excluding hydrogens is 303 g/mol. The van der Waals surface area contributed by atoms with Gasteiger partial charge in [-0.25, -0.2) is 0 Å². The fourth-order valence-electron chi connectivity index (χ4n) is 2.46. The topological polar surface area (TPSA) is 38.0 Å². The molecule has 2 aromatic rings. The standard InChI is InChI=1S/C17H23ClN2.ClH/c18-17-10-6-8-15-14(7-5-9-16(15)17)13-20-12-4-2-1-3-11-19;/h5-10,20H,1-4,11-13,19H2;1H. The predicted molar refractivity (Wildman–Crippen MR) is 95.4 cm³/mol. The van der Waals surface area contributed by atoms with E-state index in [9.17, 15) is 0 Å². The molecule has 0 aliphatic carbocycles. The molecule has 0 amide bonds. The lowest BCUT2D eigenvalue weighted by molar-refractivity contribution is 0.591. The average molecular weight is 327 g/mol. The minimum atomic E-state index is 0. The van der Waals surface area contributed by atoms with Crippen LogP contribution in [0.25, 0.3) is 10.8 Å². The summed E-state index contributed by atoms with van der Waals surface area (Å²) in [6.45, 7) is 2.76. The number of unbranched alkanes of at least 4 members (excludes halogenated alkanes) is 3. The molecule has 0 heterocycles. The van der Waals surface area contributed by atoms with Crippen molar-refractivity contribution in [1.29, 1.82) is 0 Å². The molecule has 0 aliphatic heterocycles. The summed E-state index contributed by atoms with van der Waals surface area (Å²) in [4.78, 5) is 0. The summed E-state index contributed by atoms with van der Waals surface area (Å²) in [6.07, 6.45) is 4.85. The molecule has 0 bridgehead atoms. The highest BCUT2D eigenvalue weighted by atomic mass is 35.5. The Morgan fingerprint density at radius 3 is 2.43 bits per heavy atom. The van der Waals surface area contributed by atoms with Crippen LogP contribution in [-0.4, -0.2) is 13.1 Å². The van der Waals surface area contributed by atoms with Gasteiger partial charge in [-0.1, -0.05) is 54.8 Å². The van der Waals surface area contributed by atoms with Gasteiger partial charge >= 0.3 is 0 Å². The van der Waals surface area contributed by atoms with Crippen LogP contribution in [0.4, 0.5) is 0 Å². The van der Waals surface area contributed by atoms with Gasteiger partial charge < -0.3 is 11.1 Å². The summed E-state index contributed by atoms with van der Waals surface area (Å²) in [7, 11) is 0. The first kappa shape index (κ1) is 18.2. The van der Waals surface area contributed by atoms with E-state index < -0.39 is 0 Å². The van der Waals surface area contributed by atoms with Gasteiger partial charge in [0.1, 0.15) is 0 Å². The maximum atomic E-state index is 6.23. The van der Waals surface area contributed by atoms with Gasteiger partial charge in [-0.05, 0) is 42.9 Å². The molecule has 2 rings (SSSR count). The second kappa shape index (κ2) is 10.0. The van der Waals surface area contributed by atoms with Crippen LogP contribution in [0.15, 0.2) is 36.4 Å². The molecule has 0 aliphatic rings. The summed E-state index contributed by atoms with van der Waals surface area (Å²) >= 11 is 6.23. The molecule has 0 atom stereocenters. The van der Waals surface area contributed by atoms with Crippen LogP contribution in [-0.2, 0) is 6.54 Å². The van der Waals surface area contributed by atoms with Crippen molar-refractivity contribution in [2.75, 3.05) is 13.1 Å². The largest absolute Gasteiger partial charge is 0.330 e. The zero-order valence-corrected chi connectivity index (χ0v) is 13.8. The first-order valence-corrected chi connectivity index (χ1v) is 7.77. The maximum absolute atomic E-state index is 6.23. The fourth-order valence-corrected chi connectivity index (χ4v) is 2.70. The smallest absolute Gasteiger partial charge is 0.0484 e. The number of benzene rings is 2. The van der Waals surface area contributed by atoms with Crippen molar-refractivity contribution in [3.8, 4) is 0 Å². The van der Waals surface area contributed by atoms with Crippen molar-refractivity contribution in [3.05, 3.63) is 47.0 Å². The molecule has 2 aromatic carbocycles. The van der Waals surface area contributed by atoms with Crippen LogP contribution < -0.4 is 11.1 Å². The Bertz CT molecular complexity index is 543. The molecule has 0 saturated heterocycles. The van der Waals surface area contributed by atoms with Gasteiger partial charge in [-0.15, -0.1) is 12.4 Å². The Hall–Kier alpha value is -0.800. The van der Waals surface area contributed by atoms with E-state index in [1.54, 1.807) is 0 Å². The number of rotatable bonds is 8. The first-order chi connectivity index (χ1) is 9.83. The summed E-state index contributed by atoms with van der Waals surface area (Å²) in [5.41, 5.74) is 6.80. The number of hydrogen-bond donors (Lipinski definition) is 2. The normalized spacial score (nSPS) is 10.6. The Balaban J connectivity index is 0.00000220. The molecule has 0 radical (unpaired) electrons. The highest BCUT2D eigenvalue weighted by Crippen LogP contribution is 2.25. The second-order valence-corrected chi connectivity index (χ2v) is 5.54. The number of halogens is 2. The van der Waals surface area contributed by atoms with Crippen molar-refractivity contribution in [2.24, 2.45) is 5.73 Å². The molecule has 0 spiro atoms. The monoisotopic (exact) mass is 326 g/mol. The van der Waals surface area contributed by atoms with E-state index in [4.69, 9.17) is 17.3 Å². The fraction of sp³-hybridized carbons (Fsp3) is 0.412. The highest BCUT2D eigenvalue weighted by molar-refractivity contribution is 6.35. The molecule has 2 nitrogen and oxygen atoms in total. The van der Waals surface area contributed by atoms with Crippen molar-refractivity contribution < 1.29 is 0 Å². The molecule has 4 heteroatoms. The number of fused-ring (bicyclic) bond motifs is 1. The predicted octanol–water partition coefficient (Wildman–Crippen LogP) is 4.52. The summed E-state index contributed by atoms with van der Waals surface area (Å²) < 4.78 is 0. The molecular formula is C17H24Cl2N2. The zero-order chi connectivity index (χ0) is 14.2. The van der Waals surface area contributed by atoms with Crippen LogP contribution in [0.2, 0.25) is 5.02 Å². The van der Waals surface area contributed by atoms with Gasteiger partial charge in [0, 0.05) is 17.0 Å². The Morgan fingerprint density at radius 1 is 0.905 bits per heavy atom. The second-order valence-electron chi connectivity index (χ2n) is 5.13. The van der Waals surface area contributed by atoms with Crippen molar-refractivity contribution in [1.82, 2.24) is 5.32 Å². The van der Waals surface area contributed by atoms with Gasteiger partial charge in [0.05, 0.1) is 0 Å². The summed E-state index contributed by atoms with van der Waals surface area (Å²) in [5.74, 6) is 0. The lowest BCUT2D eigenvalue weighted by Gasteiger charge is -2.09. The molecule has 116 valence electrons. The molecule has 0 aromatic heterocycles. The Kier molecular flexibility index (Phi) is 8.70. The van der Waals surface area contributed by atoms with Crippen LogP contribution in [0.1, 0.15) is 31.2 Å². The van der Waals surface area contributed by atoms with Gasteiger partial charge in [-0.2, -0.15) is 0 Å². The zero-order valence-electron chi connectivity index (χ0n) is 12.3. The molecule has 21 heavy (non-hydrogen) atoms. The van der Waals surface area contributed by atoms with E-state index in [1.807, 2.05) is 12.1 Å². The molecule has 3 N–H and O–H groups in total. The highest BCUT2D eigenvalue weighted by Gasteiger charge is 2.02. The third-order valence-corrected chi connectivity index (χ3v) is 3.91. The lowest BCUT2D eigenvalue weighted by atomic mass is 10.0. The van der Waals surface area contributed by atoms with Crippen molar-refractivity contribution >= 4 is 34.8 Å². The van der Waals surface area contributed by atoms with Crippen molar-refractivity contribution in [2.45, 2.75) is 32.2 Å². The van der Waals surface area contributed by atoms with Gasteiger partial charge in [0.15, 0.2) is 0 Å². The van der Waals surface area contributed by atoms with E-state index >= 15 is 0 Å². The van der Waals surface area contributed by atoms with E-state index in [0.29, 0.717) is 0 Å². The summed E-state index contributed by atoms with van der Waals surface area (Å²) in [5, 5.41) is 6.72. The minimum absolute atomic E-state index is 0. The first-order valence-electron chi connectivity index (χ1n) is 7.40. The number of nitrogens with two attached hydrogens (primary N) is 1. The SMILES string of the molecule is Cl.NCCCCCCNCc1cccc2c(Cl)cccc12. The summed E-state index contributed by atoms with van der Waals surface area (Å²) in [6, 6.07) is 12.4. The average Bonchev–Trinajstić information content (AvgIpc) is 2.47. The van der Waals surface area contributed by atoms with Crippen LogP contribution >= 0.6 is 24.0 Å². The van der Waals surface area contributed by atoms with E-state index in [1.165, 1.54) is 30.2 Å². The maximum Gasteiger partial charge on any atom is 0.0484 e. The van der Waals surface area contributed by atoms with Gasteiger partial charge in [-0.3, -0.25) is 0 Å². The lowest BCUT2D eigenvalue weighted by Crippen LogP contribution is -2.15. The Morgan fingerprint density at radius 2 is 1.62 bits per heavy atom. The molecule has 0 fully saturated rings. The number of nitrogens with one attached hydrogen (secondary N) is 1. The van der Waals surface area contributed by atoms with Crippen LogP contribution in [0.5, 0.6) is 0 Å². The van der Waals surface area contributed by atoms with Crippen LogP contribution in [0, 0.1) is 0 Å². The molecule has 0 saturated carbocycles. The van der Waals surface area contributed by atoms with Gasteiger partial charge in [0.25, 0.3) is 0 Å². The van der Waals surface area contributed by atoms with Crippen LogP contribution in [0.3, 0.4) is 0 Å². The third-order valence-electron chi connectivity index (χ3n) is 3.58. The number of hydrogen-bond acceptors (Lipinski definition) is 2. The van der Waals surface area contributed by atoms with Crippen molar-refractivity contribution in [3.63, 3.8) is 0 Å². The van der Waals surface area contributed by atoms with E-state index in [-0.39, 0.29) is 12.4 Å². The van der Waals surface area contributed by atoms with E-state index in [0.717, 1.165) is 36.5 Å². The third kappa shape index (κ3) is 5.48.